The van der Waals surface area contributed by atoms with Gasteiger partial charge in [-0.05, 0) is 42.5 Å². The minimum Gasteiger partial charge on any atom is -0.508 e. The number of aromatic hydroxyl groups is 3. The standard InChI is InChI=1S/C27H18N2O6/c30-15-9-11-20-23(13-15)35-24-14-16(31)10-12-21(24)27(20)19-7-3-1-5-17(19)26(34)29(27)28-25(33)18-6-2-4-8-22(18)32/h1-14,30-32H,(H,28,33). The average molecular weight is 466 g/mol. The van der Waals surface area contributed by atoms with Crippen LogP contribution in [0.2, 0.25) is 0 Å². The van der Waals surface area contributed by atoms with Gasteiger partial charge in [0.15, 0.2) is 0 Å². The minimum absolute atomic E-state index is 0.00433. The van der Waals surface area contributed by atoms with E-state index in [2.05, 4.69) is 5.43 Å². The van der Waals surface area contributed by atoms with Gasteiger partial charge >= 0.3 is 0 Å². The lowest BCUT2D eigenvalue weighted by Gasteiger charge is -2.43. The molecule has 8 nitrogen and oxygen atoms in total. The zero-order valence-corrected chi connectivity index (χ0v) is 18.1. The van der Waals surface area contributed by atoms with E-state index in [-0.39, 0.29) is 34.3 Å². The van der Waals surface area contributed by atoms with Crippen molar-refractivity contribution in [3.05, 3.63) is 113 Å². The lowest BCUT2D eigenvalue weighted by molar-refractivity contribution is 0.0446. The summed E-state index contributed by atoms with van der Waals surface area (Å²) in [5.74, 6) is -0.968. The molecule has 0 saturated carbocycles. The lowest BCUT2D eigenvalue weighted by Crippen LogP contribution is -2.56. The number of benzene rings is 4. The van der Waals surface area contributed by atoms with E-state index in [0.717, 1.165) is 0 Å². The molecule has 4 aromatic rings. The van der Waals surface area contributed by atoms with E-state index in [1.54, 1.807) is 48.5 Å². The molecular weight excluding hydrogens is 448 g/mol. The molecule has 8 heteroatoms. The molecule has 4 aromatic carbocycles. The Balaban J connectivity index is 1.65. The van der Waals surface area contributed by atoms with Crippen LogP contribution in [0.25, 0.3) is 0 Å². The van der Waals surface area contributed by atoms with Crippen molar-refractivity contribution in [2.24, 2.45) is 0 Å². The molecule has 0 fully saturated rings. The number of carbonyl (C=O) groups excluding carboxylic acids is 2. The summed E-state index contributed by atoms with van der Waals surface area (Å²) in [5.41, 5.74) is 3.29. The number of hydrogen-bond donors (Lipinski definition) is 4. The van der Waals surface area contributed by atoms with Crippen molar-refractivity contribution in [1.82, 2.24) is 10.4 Å². The number of ether oxygens (including phenoxy) is 1. The van der Waals surface area contributed by atoms with Crippen LogP contribution in [-0.4, -0.2) is 32.1 Å². The maximum Gasteiger partial charge on any atom is 0.274 e. The molecule has 0 atom stereocenters. The number of carbonyl (C=O) groups is 2. The molecule has 0 aliphatic carbocycles. The quantitative estimate of drug-likeness (QED) is 0.355. The first kappa shape index (κ1) is 20.6. The molecule has 35 heavy (non-hydrogen) atoms. The van der Waals surface area contributed by atoms with Crippen LogP contribution in [0, 0.1) is 0 Å². The third kappa shape index (κ3) is 2.80. The van der Waals surface area contributed by atoms with Gasteiger partial charge in [0, 0.05) is 34.4 Å². The van der Waals surface area contributed by atoms with E-state index in [1.807, 2.05) is 0 Å². The van der Waals surface area contributed by atoms with Gasteiger partial charge in [-0.2, -0.15) is 0 Å². The van der Waals surface area contributed by atoms with Crippen LogP contribution in [0.4, 0.5) is 0 Å². The summed E-state index contributed by atoms with van der Waals surface area (Å²) in [6.45, 7) is 0. The summed E-state index contributed by atoms with van der Waals surface area (Å²) in [7, 11) is 0. The Morgan fingerprint density at radius 3 is 2.03 bits per heavy atom. The fourth-order valence-electron chi connectivity index (χ4n) is 4.92. The van der Waals surface area contributed by atoms with Crippen LogP contribution in [0.3, 0.4) is 0 Å². The predicted molar refractivity (Wildman–Crippen MR) is 124 cm³/mol. The van der Waals surface area contributed by atoms with Gasteiger partial charge in [-0.3, -0.25) is 15.0 Å². The van der Waals surface area contributed by atoms with E-state index in [9.17, 15) is 24.9 Å². The minimum atomic E-state index is -1.38. The smallest absolute Gasteiger partial charge is 0.274 e. The average Bonchev–Trinajstić information content (AvgIpc) is 3.08. The van der Waals surface area contributed by atoms with Crippen LogP contribution < -0.4 is 10.2 Å². The second kappa shape index (κ2) is 7.26. The van der Waals surface area contributed by atoms with E-state index in [0.29, 0.717) is 22.3 Å². The Kier molecular flexibility index (Phi) is 4.28. The normalized spacial score (nSPS) is 14.6. The van der Waals surface area contributed by atoms with Gasteiger partial charge in [-0.25, -0.2) is 5.01 Å². The zero-order chi connectivity index (χ0) is 24.3. The molecule has 4 N–H and O–H groups in total. The molecular formula is C27H18N2O6. The van der Waals surface area contributed by atoms with Gasteiger partial charge in [0.1, 0.15) is 34.3 Å². The van der Waals surface area contributed by atoms with E-state index < -0.39 is 17.4 Å². The molecule has 2 heterocycles. The highest BCUT2D eigenvalue weighted by Crippen LogP contribution is 2.57. The summed E-state index contributed by atoms with van der Waals surface area (Å²) in [4.78, 5) is 27.1. The second-order valence-electron chi connectivity index (χ2n) is 8.32. The first-order valence-corrected chi connectivity index (χ1v) is 10.8. The van der Waals surface area contributed by atoms with Crippen molar-refractivity contribution in [2.45, 2.75) is 5.54 Å². The SMILES string of the molecule is O=C(NN1C(=O)c2ccccc2C12c1ccc(O)cc1Oc1cc(O)ccc12)c1ccccc1O. The number of nitrogens with one attached hydrogen (secondary N) is 1. The van der Waals surface area contributed by atoms with Gasteiger partial charge in [-0.1, -0.05) is 30.3 Å². The zero-order valence-electron chi connectivity index (χ0n) is 18.1. The van der Waals surface area contributed by atoms with Crippen LogP contribution in [0.15, 0.2) is 84.9 Å². The molecule has 0 bridgehead atoms. The number of hydrogen-bond acceptors (Lipinski definition) is 6. The van der Waals surface area contributed by atoms with E-state index >= 15 is 0 Å². The number of phenols is 3. The Morgan fingerprint density at radius 1 is 0.771 bits per heavy atom. The van der Waals surface area contributed by atoms with Crippen LogP contribution >= 0.6 is 0 Å². The molecule has 0 radical (unpaired) electrons. The van der Waals surface area contributed by atoms with Crippen molar-refractivity contribution in [2.75, 3.05) is 0 Å². The Labute approximate surface area is 199 Å². The molecule has 0 unspecified atom stereocenters. The second-order valence-corrected chi connectivity index (χ2v) is 8.32. The van der Waals surface area contributed by atoms with Gasteiger partial charge in [0.25, 0.3) is 11.8 Å². The Hall–Kier alpha value is -4.98. The van der Waals surface area contributed by atoms with Gasteiger partial charge < -0.3 is 20.1 Å². The number of amides is 2. The van der Waals surface area contributed by atoms with Crippen molar-refractivity contribution < 1.29 is 29.6 Å². The topological polar surface area (TPSA) is 119 Å². The molecule has 172 valence electrons. The molecule has 0 aromatic heterocycles. The third-order valence-electron chi connectivity index (χ3n) is 6.38. The number of fused-ring (bicyclic) bond motifs is 6. The number of phenolic OH excluding ortho intramolecular Hbond substituents is 3. The number of rotatable bonds is 2. The summed E-state index contributed by atoms with van der Waals surface area (Å²) in [6.07, 6.45) is 0. The van der Waals surface area contributed by atoms with Gasteiger partial charge in [0.05, 0.1) is 5.56 Å². The van der Waals surface area contributed by atoms with Crippen molar-refractivity contribution in [1.29, 1.82) is 0 Å². The number of hydrazine groups is 1. The highest BCUT2D eigenvalue weighted by atomic mass is 16.5. The maximum atomic E-state index is 13.8. The summed E-state index contributed by atoms with van der Waals surface area (Å²) in [5, 5.41) is 31.8. The maximum absolute atomic E-state index is 13.8. The molecule has 1 spiro atoms. The van der Waals surface area contributed by atoms with Crippen molar-refractivity contribution >= 4 is 11.8 Å². The van der Waals surface area contributed by atoms with Crippen molar-refractivity contribution in [3.63, 3.8) is 0 Å². The molecule has 0 saturated heterocycles. The number of nitrogens with zero attached hydrogens (tertiary/aromatic N) is 1. The molecule has 2 amide bonds. The fraction of sp³-hybridized carbons (Fsp3) is 0.0370. The van der Waals surface area contributed by atoms with E-state index in [4.69, 9.17) is 4.74 Å². The summed E-state index contributed by atoms with van der Waals surface area (Å²) < 4.78 is 6.02. The fourth-order valence-corrected chi connectivity index (χ4v) is 4.92. The van der Waals surface area contributed by atoms with Crippen LogP contribution in [-0.2, 0) is 5.54 Å². The monoisotopic (exact) mass is 466 g/mol. The first-order chi connectivity index (χ1) is 16.9. The largest absolute Gasteiger partial charge is 0.508 e. The Bertz CT molecular complexity index is 1500. The lowest BCUT2D eigenvalue weighted by atomic mass is 9.75. The van der Waals surface area contributed by atoms with Crippen LogP contribution in [0.1, 0.15) is 37.4 Å². The molecule has 2 aliphatic heterocycles. The van der Waals surface area contributed by atoms with Gasteiger partial charge in [0.2, 0.25) is 0 Å². The molecule has 6 rings (SSSR count). The van der Waals surface area contributed by atoms with Gasteiger partial charge in [-0.15, -0.1) is 0 Å². The summed E-state index contributed by atoms with van der Waals surface area (Å²) >= 11 is 0. The summed E-state index contributed by atoms with van der Waals surface area (Å²) in [6, 6.07) is 22.1. The van der Waals surface area contributed by atoms with E-state index in [1.165, 1.54) is 41.4 Å². The highest BCUT2D eigenvalue weighted by Gasteiger charge is 2.57. The predicted octanol–water partition coefficient (Wildman–Crippen LogP) is 4.00. The molecule has 2 aliphatic rings. The highest BCUT2D eigenvalue weighted by molar-refractivity contribution is 6.05. The number of para-hydroxylation sites is 1. The Morgan fingerprint density at radius 2 is 1.37 bits per heavy atom. The van der Waals surface area contributed by atoms with Crippen LogP contribution in [0.5, 0.6) is 28.7 Å². The first-order valence-electron chi connectivity index (χ1n) is 10.8. The van der Waals surface area contributed by atoms with Crippen molar-refractivity contribution in [3.8, 4) is 28.7 Å². The third-order valence-corrected chi connectivity index (χ3v) is 6.38.